The number of carbonyl (C=O) groups excluding carboxylic acids is 1. The van der Waals surface area contributed by atoms with Crippen LogP contribution >= 0.6 is 0 Å². The molecule has 1 atom stereocenters. The van der Waals surface area contributed by atoms with E-state index in [0.717, 1.165) is 5.56 Å². The Morgan fingerprint density at radius 3 is 2.35 bits per heavy atom. The Hall–Kier alpha value is -2.10. The fraction of sp³-hybridized carbons (Fsp3) is 0.375. The van der Waals surface area contributed by atoms with Gasteiger partial charge >= 0.3 is 5.97 Å². The van der Waals surface area contributed by atoms with Gasteiger partial charge in [0.25, 0.3) is 0 Å². The Morgan fingerprint density at radius 2 is 1.85 bits per heavy atom. The third-order valence-corrected chi connectivity index (χ3v) is 3.25. The lowest BCUT2D eigenvalue weighted by Crippen LogP contribution is -2.12. The van der Waals surface area contributed by atoms with E-state index in [1.165, 1.54) is 11.8 Å². The number of aromatic amines is 1. The predicted molar refractivity (Wildman–Crippen MR) is 77.6 cm³/mol. The minimum atomic E-state index is -0.394. The van der Waals surface area contributed by atoms with E-state index in [1.54, 1.807) is 6.07 Å². The van der Waals surface area contributed by atoms with Crippen molar-refractivity contribution in [2.45, 2.75) is 39.2 Å². The summed E-state index contributed by atoms with van der Waals surface area (Å²) >= 11 is 0. The fourth-order valence-electron chi connectivity index (χ4n) is 1.92. The SMILES string of the molecule is C[C@@H](OC(=O)c1ccn[nH]1)c1ccc(C(C)(C)C)cc1. The lowest BCUT2D eigenvalue weighted by Gasteiger charge is -2.20. The number of ether oxygens (including phenoxy) is 1. The molecule has 2 aromatic rings. The largest absolute Gasteiger partial charge is 0.453 e. The molecule has 1 N–H and O–H groups in total. The number of nitrogens with zero attached hydrogens (tertiary/aromatic N) is 1. The third kappa shape index (κ3) is 3.26. The Labute approximate surface area is 119 Å². The Morgan fingerprint density at radius 1 is 1.20 bits per heavy atom. The molecular formula is C16H20N2O2. The lowest BCUT2D eigenvalue weighted by atomic mass is 9.86. The molecule has 106 valence electrons. The van der Waals surface area contributed by atoms with Gasteiger partial charge in [-0.2, -0.15) is 5.10 Å². The molecule has 0 radical (unpaired) electrons. The molecule has 0 aliphatic rings. The molecule has 0 unspecified atom stereocenters. The predicted octanol–water partition coefficient (Wildman–Crippen LogP) is 3.63. The molecule has 0 fully saturated rings. The summed E-state index contributed by atoms with van der Waals surface area (Å²) in [5.41, 5.74) is 2.72. The standard InChI is InChI=1S/C16H20N2O2/c1-11(20-15(19)14-9-10-17-18-14)12-5-7-13(8-6-12)16(2,3)4/h5-11H,1-4H3,(H,17,18)/t11-/m1/s1. The first-order chi connectivity index (χ1) is 9.38. The molecule has 0 aliphatic heterocycles. The molecule has 0 amide bonds. The van der Waals surface area contributed by atoms with Gasteiger partial charge in [0.2, 0.25) is 0 Å². The summed E-state index contributed by atoms with van der Waals surface area (Å²) in [6.07, 6.45) is 1.24. The quantitative estimate of drug-likeness (QED) is 0.868. The maximum absolute atomic E-state index is 11.8. The molecule has 2 rings (SSSR count). The zero-order valence-corrected chi connectivity index (χ0v) is 12.3. The fourth-order valence-corrected chi connectivity index (χ4v) is 1.92. The van der Waals surface area contributed by atoms with Gasteiger partial charge in [0.15, 0.2) is 0 Å². The van der Waals surface area contributed by atoms with Gasteiger partial charge in [-0.05, 0) is 29.5 Å². The molecule has 1 aromatic heterocycles. The van der Waals surface area contributed by atoms with Crippen LogP contribution in [-0.4, -0.2) is 16.2 Å². The highest BCUT2D eigenvalue weighted by molar-refractivity contribution is 5.87. The molecule has 0 saturated carbocycles. The van der Waals surface area contributed by atoms with Crippen molar-refractivity contribution in [2.75, 3.05) is 0 Å². The van der Waals surface area contributed by atoms with Crippen molar-refractivity contribution in [2.24, 2.45) is 0 Å². The summed E-state index contributed by atoms with van der Waals surface area (Å²) in [7, 11) is 0. The van der Waals surface area contributed by atoms with Gasteiger partial charge in [-0.25, -0.2) is 4.79 Å². The molecular weight excluding hydrogens is 252 g/mol. The number of hydrogen-bond acceptors (Lipinski definition) is 3. The van der Waals surface area contributed by atoms with E-state index in [1.807, 2.05) is 19.1 Å². The van der Waals surface area contributed by atoms with Crippen LogP contribution in [0.2, 0.25) is 0 Å². The van der Waals surface area contributed by atoms with Crippen molar-refractivity contribution in [1.82, 2.24) is 10.2 Å². The van der Waals surface area contributed by atoms with Crippen LogP contribution in [0.3, 0.4) is 0 Å². The molecule has 1 heterocycles. The smallest absolute Gasteiger partial charge is 0.356 e. The van der Waals surface area contributed by atoms with Crippen molar-refractivity contribution >= 4 is 5.97 Å². The van der Waals surface area contributed by atoms with Gasteiger partial charge in [-0.15, -0.1) is 0 Å². The summed E-state index contributed by atoms with van der Waals surface area (Å²) in [4.78, 5) is 11.8. The van der Waals surface area contributed by atoms with Gasteiger partial charge in [-0.1, -0.05) is 45.0 Å². The van der Waals surface area contributed by atoms with E-state index >= 15 is 0 Å². The second kappa shape index (κ2) is 5.49. The van der Waals surface area contributed by atoms with E-state index in [-0.39, 0.29) is 11.5 Å². The maximum atomic E-state index is 11.8. The highest BCUT2D eigenvalue weighted by atomic mass is 16.5. The van der Waals surface area contributed by atoms with Crippen LogP contribution in [0.25, 0.3) is 0 Å². The summed E-state index contributed by atoms with van der Waals surface area (Å²) < 4.78 is 5.40. The van der Waals surface area contributed by atoms with Crippen LogP contribution in [0, 0.1) is 0 Å². The van der Waals surface area contributed by atoms with Crippen molar-refractivity contribution in [3.05, 3.63) is 53.3 Å². The number of esters is 1. The first kappa shape index (κ1) is 14.3. The van der Waals surface area contributed by atoms with Crippen LogP contribution in [0.15, 0.2) is 36.5 Å². The molecule has 1 aromatic carbocycles. The first-order valence-corrected chi connectivity index (χ1v) is 6.69. The summed E-state index contributed by atoms with van der Waals surface area (Å²) in [6, 6.07) is 9.76. The number of aromatic nitrogens is 2. The lowest BCUT2D eigenvalue weighted by molar-refractivity contribution is 0.0330. The van der Waals surface area contributed by atoms with Crippen LogP contribution in [0.4, 0.5) is 0 Å². The summed E-state index contributed by atoms with van der Waals surface area (Å²) in [6.45, 7) is 8.37. The second-order valence-corrected chi connectivity index (χ2v) is 5.89. The van der Waals surface area contributed by atoms with Gasteiger partial charge in [0.1, 0.15) is 11.8 Å². The van der Waals surface area contributed by atoms with Gasteiger partial charge in [0.05, 0.1) is 0 Å². The first-order valence-electron chi connectivity index (χ1n) is 6.69. The highest BCUT2D eigenvalue weighted by Gasteiger charge is 2.17. The average Bonchev–Trinajstić information content (AvgIpc) is 2.91. The van der Waals surface area contributed by atoms with Crippen LogP contribution < -0.4 is 0 Å². The number of nitrogens with one attached hydrogen (secondary N) is 1. The van der Waals surface area contributed by atoms with E-state index in [9.17, 15) is 4.79 Å². The molecule has 0 spiro atoms. The van der Waals surface area contributed by atoms with E-state index in [2.05, 4.69) is 43.1 Å². The average molecular weight is 272 g/mol. The molecule has 4 heteroatoms. The molecule has 0 saturated heterocycles. The van der Waals surface area contributed by atoms with Crippen molar-refractivity contribution < 1.29 is 9.53 Å². The second-order valence-electron chi connectivity index (χ2n) is 5.89. The molecule has 0 aliphatic carbocycles. The number of H-pyrrole nitrogens is 1. The van der Waals surface area contributed by atoms with Gasteiger partial charge in [0, 0.05) is 6.20 Å². The van der Waals surface area contributed by atoms with Crippen LogP contribution in [0.1, 0.15) is 55.4 Å². The Balaban J connectivity index is 2.06. The monoisotopic (exact) mass is 272 g/mol. The van der Waals surface area contributed by atoms with Gasteiger partial charge < -0.3 is 4.74 Å². The van der Waals surface area contributed by atoms with Crippen molar-refractivity contribution in [3.8, 4) is 0 Å². The number of hydrogen-bond donors (Lipinski definition) is 1. The number of benzene rings is 1. The Bertz CT molecular complexity index is 566. The van der Waals surface area contributed by atoms with E-state index in [0.29, 0.717) is 5.69 Å². The zero-order valence-electron chi connectivity index (χ0n) is 12.3. The summed E-state index contributed by atoms with van der Waals surface area (Å²) in [5.74, 6) is -0.394. The highest BCUT2D eigenvalue weighted by Crippen LogP contribution is 2.25. The van der Waals surface area contributed by atoms with Crippen LogP contribution in [-0.2, 0) is 10.2 Å². The number of carbonyl (C=O) groups is 1. The molecule has 4 nitrogen and oxygen atoms in total. The van der Waals surface area contributed by atoms with Gasteiger partial charge in [-0.3, -0.25) is 5.10 Å². The Kier molecular flexibility index (Phi) is 3.93. The normalized spacial score (nSPS) is 13.0. The zero-order chi connectivity index (χ0) is 14.8. The number of rotatable bonds is 3. The minimum absolute atomic E-state index is 0.119. The summed E-state index contributed by atoms with van der Waals surface area (Å²) in [5, 5.41) is 6.33. The van der Waals surface area contributed by atoms with Crippen molar-refractivity contribution in [3.63, 3.8) is 0 Å². The maximum Gasteiger partial charge on any atom is 0.356 e. The van der Waals surface area contributed by atoms with Crippen molar-refractivity contribution in [1.29, 1.82) is 0 Å². The minimum Gasteiger partial charge on any atom is -0.453 e. The molecule has 0 bridgehead atoms. The third-order valence-electron chi connectivity index (χ3n) is 3.25. The van der Waals surface area contributed by atoms with E-state index in [4.69, 9.17) is 4.74 Å². The van der Waals surface area contributed by atoms with E-state index < -0.39 is 5.97 Å². The topological polar surface area (TPSA) is 55.0 Å². The molecule has 20 heavy (non-hydrogen) atoms. The van der Waals surface area contributed by atoms with Crippen LogP contribution in [0.5, 0.6) is 0 Å².